The first-order valence-corrected chi connectivity index (χ1v) is 11.3. The number of fused-ring (bicyclic) bond motifs is 4. The minimum atomic E-state index is -0.764. The zero-order valence-corrected chi connectivity index (χ0v) is 19.8. The third-order valence-corrected chi connectivity index (χ3v) is 6.58. The van der Waals surface area contributed by atoms with E-state index in [2.05, 4.69) is 6.58 Å². The minimum Gasteiger partial charge on any atom is -0.496 e. The monoisotopic (exact) mass is 479 g/mol. The molecule has 10 heteroatoms. The fourth-order valence-corrected chi connectivity index (χ4v) is 4.97. The fourth-order valence-electron chi connectivity index (χ4n) is 4.70. The molecule has 4 aromatic rings. The van der Waals surface area contributed by atoms with Gasteiger partial charge in [-0.15, -0.1) is 11.7 Å². The van der Waals surface area contributed by atoms with Crippen molar-refractivity contribution in [3.63, 3.8) is 0 Å². The first kappa shape index (κ1) is 22.3. The Morgan fingerprint density at radius 1 is 1.21 bits per heavy atom. The largest absolute Gasteiger partial charge is 0.496 e. The Morgan fingerprint density at radius 2 is 1.94 bits per heavy atom. The number of hydrogen-bond acceptors (Lipinski definition) is 7. The number of ether oxygens (including phenoxy) is 2. The highest BCUT2D eigenvalue weighted by Gasteiger charge is 2.30. The summed E-state index contributed by atoms with van der Waals surface area (Å²) >= 11 is 5.79. The number of β-amino-alcohol motifs (C(OH)–C–C–N with tert-alkyl or cyclic N) is 1. The van der Waals surface area contributed by atoms with Crippen LogP contribution in [-0.2, 0) is 19.8 Å². The lowest BCUT2D eigenvalue weighted by Gasteiger charge is -2.33. The number of benzene rings is 2. The van der Waals surface area contributed by atoms with Crippen LogP contribution in [0.15, 0.2) is 53.8 Å². The molecule has 0 radical (unpaired) electrons. The molecule has 1 atom stereocenters. The predicted octanol–water partition coefficient (Wildman–Crippen LogP) is 2.89. The second kappa shape index (κ2) is 8.71. The van der Waals surface area contributed by atoms with Crippen LogP contribution in [0.25, 0.3) is 16.7 Å². The molecular weight excluding hydrogens is 454 g/mol. The van der Waals surface area contributed by atoms with Crippen LogP contribution in [0.4, 0.5) is 0 Å². The zero-order valence-electron chi connectivity index (χ0n) is 19.0. The second-order valence-corrected chi connectivity index (χ2v) is 8.54. The van der Waals surface area contributed by atoms with Gasteiger partial charge in [0, 0.05) is 30.8 Å². The van der Waals surface area contributed by atoms with Gasteiger partial charge >= 0.3 is 0 Å². The third kappa shape index (κ3) is 3.42. The molecule has 0 bridgehead atoms. The van der Waals surface area contributed by atoms with E-state index in [9.17, 15) is 9.90 Å². The molecule has 176 valence electrons. The summed E-state index contributed by atoms with van der Waals surface area (Å²) in [5.74, 6) is 1.77. The van der Waals surface area contributed by atoms with Crippen molar-refractivity contribution in [1.82, 2.24) is 23.6 Å². The highest BCUT2D eigenvalue weighted by Crippen LogP contribution is 2.39. The van der Waals surface area contributed by atoms with E-state index in [1.54, 1.807) is 41.7 Å². The van der Waals surface area contributed by atoms with Crippen LogP contribution in [0.3, 0.4) is 0 Å². The maximum atomic E-state index is 13.1. The Balaban J connectivity index is 1.61. The SMILES string of the molecule is C=CCn1c(=O)c2ccccc2n2c(=S)n(CN3Cc4c(OC)ccc(OC)c4C(O)C3)nc12. The summed E-state index contributed by atoms with van der Waals surface area (Å²) in [6.45, 7) is 5.30. The summed E-state index contributed by atoms with van der Waals surface area (Å²) in [5.41, 5.74) is 2.16. The van der Waals surface area contributed by atoms with Crippen LogP contribution in [0.5, 0.6) is 11.5 Å². The lowest BCUT2D eigenvalue weighted by Crippen LogP contribution is -2.36. The molecule has 3 heterocycles. The Hall–Kier alpha value is -3.47. The van der Waals surface area contributed by atoms with Crippen molar-refractivity contribution in [1.29, 1.82) is 0 Å². The van der Waals surface area contributed by atoms with Crippen LogP contribution in [-0.4, -0.2) is 49.5 Å². The number of rotatable bonds is 6. The average molecular weight is 480 g/mol. The normalized spacial score (nSPS) is 16.0. The van der Waals surface area contributed by atoms with E-state index < -0.39 is 6.10 Å². The molecule has 9 nitrogen and oxygen atoms in total. The standard InChI is InChI=1S/C24H25N5O4S/c1-4-11-27-22(31)15-7-5-6-8-17(15)29-23(27)25-28(24(29)34)14-26-12-16-19(32-2)9-10-20(33-3)21(16)18(30)13-26/h4-10,18,30H,1,11-14H2,2-3H3. The molecule has 0 amide bonds. The molecule has 0 aliphatic carbocycles. The molecule has 34 heavy (non-hydrogen) atoms. The second-order valence-electron chi connectivity index (χ2n) is 8.17. The van der Waals surface area contributed by atoms with Crippen molar-refractivity contribution in [2.24, 2.45) is 0 Å². The van der Waals surface area contributed by atoms with Gasteiger partial charge in [0.25, 0.3) is 5.56 Å². The topological polar surface area (TPSA) is 86.2 Å². The van der Waals surface area contributed by atoms with Gasteiger partial charge in [0.1, 0.15) is 11.5 Å². The van der Waals surface area contributed by atoms with Crippen molar-refractivity contribution in [2.45, 2.75) is 25.9 Å². The number of para-hydroxylation sites is 1. The average Bonchev–Trinajstić information content (AvgIpc) is 3.16. The summed E-state index contributed by atoms with van der Waals surface area (Å²) in [4.78, 5) is 15.1. The van der Waals surface area contributed by atoms with E-state index in [1.807, 2.05) is 33.6 Å². The van der Waals surface area contributed by atoms with E-state index in [1.165, 1.54) is 0 Å². The van der Waals surface area contributed by atoms with Crippen LogP contribution < -0.4 is 15.0 Å². The number of aliphatic hydroxyl groups excluding tert-OH is 1. The summed E-state index contributed by atoms with van der Waals surface area (Å²) in [7, 11) is 3.19. The van der Waals surface area contributed by atoms with Gasteiger partial charge < -0.3 is 14.6 Å². The maximum Gasteiger partial charge on any atom is 0.263 e. The van der Waals surface area contributed by atoms with Gasteiger partial charge in [-0.05, 0) is 36.5 Å². The Kier molecular flexibility index (Phi) is 5.72. The highest BCUT2D eigenvalue weighted by molar-refractivity contribution is 7.71. The number of methoxy groups -OCH3 is 2. The lowest BCUT2D eigenvalue weighted by molar-refractivity contribution is 0.0671. The molecule has 5 rings (SSSR count). The molecule has 1 unspecified atom stereocenters. The molecule has 0 saturated heterocycles. The smallest absolute Gasteiger partial charge is 0.263 e. The van der Waals surface area contributed by atoms with Crippen molar-refractivity contribution >= 4 is 28.9 Å². The van der Waals surface area contributed by atoms with Gasteiger partial charge in [0.15, 0.2) is 0 Å². The van der Waals surface area contributed by atoms with Crippen LogP contribution in [0.1, 0.15) is 17.2 Å². The van der Waals surface area contributed by atoms with Gasteiger partial charge in [0.2, 0.25) is 10.5 Å². The minimum absolute atomic E-state index is 0.144. The summed E-state index contributed by atoms with van der Waals surface area (Å²) in [5, 5.41) is 16.2. The Bertz CT molecular complexity index is 1540. The van der Waals surface area contributed by atoms with Crippen molar-refractivity contribution < 1.29 is 14.6 Å². The van der Waals surface area contributed by atoms with E-state index >= 15 is 0 Å². The van der Waals surface area contributed by atoms with Crippen molar-refractivity contribution in [3.8, 4) is 11.5 Å². The number of aromatic nitrogens is 4. The van der Waals surface area contributed by atoms with E-state index in [-0.39, 0.29) is 5.56 Å². The van der Waals surface area contributed by atoms with Crippen LogP contribution in [0.2, 0.25) is 0 Å². The molecule has 1 aliphatic heterocycles. The first-order valence-electron chi connectivity index (χ1n) is 10.8. The van der Waals surface area contributed by atoms with Gasteiger partial charge in [-0.1, -0.05) is 18.2 Å². The predicted molar refractivity (Wildman–Crippen MR) is 131 cm³/mol. The lowest BCUT2D eigenvalue weighted by atomic mass is 9.95. The molecule has 0 fully saturated rings. The molecule has 0 saturated carbocycles. The molecule has 1 aliphatic rings. The molecule has 0 spiro atoms. The molecule has 2 aromatic carbocycles. The Morgan fingerprint density at radius 3 is 2.68 bits per heavy atom. The van der Waals surface area contributed by atoms with E-state index in [0.29, 0.717) is 59.3 Å². The number of aliphatic hydroxyl groups is 1. The molecular formula is C24H25N5O4S. The number of hydrogen-bond donors (Lipinski definition) is 1. The zero-order chi connectivity index (χ0) is 24.0. The molecule has 2 aromatic heterocycles. The van der Waals surface area contributed by atoms with Crippen LogP contribution >= 0.6 is 12.2 Å². The number of allylic oxidation sites excluding steroid dienone is 1. The summed E-state index contributed by atoms with van der Waals surface area (Å²) < 4.78 is 16.5. The van der Waals surface area contributed by atoms with E-state index in [0.717, 1.165) is 11.1 Å². The van der Waals surface area contributed by atoms with E-state index in [4.69, 9.17) is 26.8 Å². The van der Waals surface area contributed by atoms with Gasteiger partial charge in [0.05, 0.1) is 37.9 Å². The number of nitrogens with zero attached hydrogens (tertiary/aromatic N) is 5. The fraction of sp³-hybridized carbons (Fsp3) is 0.292. The summed E-state index contributed by atoms with van der Waals surface area (Å²) in [6.07, 6.45) is 0.898. The van der Waals surface area contributed by atoms with Gasteiger partial charge in [-0.3, -0.25) is 18.7 Å². The molecule has 1 N–H and O–H groups in total. The first-order chi connectivity index (χ1) is 16.5. The van der Waals surface area contributed by atoms with Gasteiger partial charge in [-0.25, -0.2) is 4.68 Å². The van der Waals surface area contributed by atoms with Crippen molar-refractivity contribution in [2.75, 3.05) is 20.8 Å². The Labute approximate surface area is 200 Å². The van der Waals surface area contributed by atoms with Gasteiger partial charge in [-0.2, -0.15) is 0 Å². The highest BCUT2D eigenvalue weighted by atomic mass is 32.1. The van der Waals surface area contributed by atoms with Crippen LogP contribution in [0, 0.1) is 4.77 Å². The quantitative estimate of drug-likeness (QED) is 0.336. The summed E-state index contributed by atoms with van der Waals surface area (Å²) in [6, 6.07) is 11.0. The maximum absolute atomic E-state index is 13.1. The third-order valence-electron chi connectivity index (χ3n) is 6.19. The van der Waals surface area contributed by atoms with Crippen molar-refractivity contribution in [3.05, 3.63) is 75.3 Å².